The Balaban J connectivity index is 2.77. The maximum atomic E-state index is 5.90. The first-order chi connectivity index (χ1) is 7.60. The van der Waals surface area contributed by atoms with Crippen LogP contribution in [0.25, 0.3) is 0 Å². The van der Waals surface area contributed by atoms with E-state index in [4.69, 9.17) is 15.0 Å². The zero-order valence-electron chi connectivity index (χ0n) is 10.4. The zero-order chi connectivity index (χ0) is 12.1. The molecule has 0 aromatic carbocycles. The van der Waals surface area contributed by atoms with Crippen LogP contribution >= 0.6 is 0 Å². The molecule has 5 heteroatoms. The van der Waals surface area contributed by atoms with Gasteiger partial charge >= 0.3 is 0 Å². The fourth-order valence-electron chi connectivity index (χ4n) is 1.62. The second kappa shape index (κ2) is 5.96. The SMILES string of the molecule is CCCC(N)c1nc(C(OC)C(C)C)no1. The van der Waals surface area contributed by atoms with Crippen LogP contribution in [0.3, 0.4) is 0 Å². The molecule has 2 unspecified atom stereocenters. The van der Waals surface area contributed by atoms with Crippen molar-refractivity contribution in [3.05, 3.63) is 11.7 Å². The van der Waals surface area contributed by atoms with Crippen molar-refractivity contribution in [1.29, 1.82) is 0 Å². The van der Waals surface area contributed by atoms with E-state index in [1.165, 1.54) is 0 Å². The van der Waals surface area contributed by atoms with Crippen LogP contribution in [0.1, 0.15) is 57.5 Å². The molecule has 5 nitrogen and oxygen atoms in total. The summed E-state index contributed by atoms with van der Waals surface area (Å²) >= 11 is 0. The van der Waals surface area contributed by atoms with Gasteiger partial charge in [-0.25, -0.2) is 0 Å². The predicted octanol–water partition coefficient (Wildman–Crippen LogP) is 2.21. The quantitative estimate of drug-likeness (QED) is 0.806. The lowest BCUT2D eigenvalue weighted by Crippen LogP contribution is -2.13. The summed E-state index contributed by atoms with van der Waals surface area (Å²) in [6.07, 6.45) is 1.71. The summed E-state index contributed by atoms with van der Waals surface area (Å²) in [4.78, 5) is 4.29. The smallest absolute Gasteiger partial charge is 0.243 e. The summed E-state index contributed by atoms with van der Waals surface area (Å²) in [7, 11) is 1.65. The van der Waals surface area contributed by atoms with Gasteiger partial charge in [0, 0.05) is 7.11 Å². The first-order valence-corrected chi connectivity index (χ1v) is 5.72. The molecule has 1 rings (SSSR count). The first-order valence-electron chi connectivity index (χ1n) is 5.72. The third-order valence-electron chi connectivity index (χ3n) is 2.49. The third kappa shape index (κ3) is 3.02. The molecule has 0 aliphatic rings. The number of hydrogen-bond donors (Lipinski definition) is 1. The van der Waals surface area contributed by atoms with Crippen molar-refractivity contribution >= 4 is 0 Å². The molecule has 0 saturated heterocycles. The highest BCUT2D eigenvalue weighted by Gasteiger charge is 2.23. The number of rotatable bonds is 6. The molecule has 92 valence electrons. The Labute approximate surface area is 96.4 Å². The van der Waals surface area contributed by atoms with Crippen molar-refractivity contribution in [2.75, 3.05) is 7.11 Å². The minimum atomic E-state index is -0.170. The van der Waals surface area contributed by atoms with Crippen LogP contribution in [0, 0.1) is 5.92 Å². The molecule has 0 aliphatic heterocycles. The molecule has 0 fully saturated rings. The van der Waals surface area contributed by atoms with E-state index in [2.05, 4.69) is 30.9 Å². The monoisotopic (exact) mass is 227 g/mol. The Morgan fingerprint density at radius 1 is 1.44 bits per heavy atom. The highest BCUT2D eigenvalue weighted by molar-refractivity contribution is 4.96. The van der Waals surface area contributed by atoms with Gasteiger partial charge in [0.05, 0.1) is 6.04 Å². The van der Waals surface area contributed by atoms with Crippen molar-refractivity contribution in [2.24, 2.45) is 11.7 Å². The highest BCUT2D eigenvalue weighted by atomic mass is 16.5. The molecule has 1 aromatic rings. The Kier molecular flexibility index (Phi) is 4.89. The van der Waals surface area contributed by atoms with Crippen molar-refractivity contribution in [1.82, 2.24) is 10.1 Å². The van der Waals surface area contributed by atoms with E-state index >= 15 is 0 Å². The Morgan fingerprint density at radius 3 is 2.62 bits per heavy atom. The van der Waals surface area contributed by atoms with Gasteiger partial charge in [0.25, 0.3) is 0 Å². The molecule has 0 amide bonds. The summed E-state index contributed by atoms with van der Waals surface area (Å²) < 4.78 is 10.5. The van der Waals surface area contributed by atoms with Crippen LogP contribution in [0.4, 0.5) is 0 Å². The molecule has 0 aliphatic carbocycles. The van der Waals surface area contributed by atoms with Crippen molar-refractivity contribution in [3.8, 4) is 0 Å². The molecule has 0 bridgehead atoms. The number of methoxy groups -OCH3 is 1. The van der Waals surface area contributed by atoms with Gasteiger partial charge in [-0.05, 0) is 12.3 Å². The molecule has 0 spiro atoms. The number of ether oxygens (including phenoxy) is 1. The lowest BCUT2D eigenvalue weighted by Gasteiger charge is -2.14. The van der Waals surface area contributed by atoms with Crippen molar-refractivity contribution in [3.63, 3.8) is 0 Å². The largest absolute Gasteiger partial charge is 0.373 e. The molecule has 1 heterocycles. The van der Waals surface area contributed by atoms with E-state index in [1.54, 1.807) is 7.11 Å². The molecule has 2 N–H and O–H groups in total. The van der Waals surface area contributed by atoms with Gasteiger partial charge in [0.15, 0.2) is 0 Å². The lowest BCUT2D eigenvalue weighted by atomic mass is 10.1. The molecule has 0 saturated carbocycles. The first kappa shape index (κ1) is 13.1. The van der Waals surface area contributed by atoms with Crippen LogP contribution in [0.15, 0.2) is 4.52 Å². The lowest BCUT2D eigenvalue weighted by molar-refractivity contribution is 0.0555. The Bertz CT molecular complexity index is 312. The van der Waals surface area contributed by atoms with E-state index in [0.29, 0.717) is 17.6 Å². The van der Waals surface area contributed by atoms with Gasteiger partial charge in [0.2, 0.25) is 11.7 Å². The van der Waals surface area contributed by atoms with E-state index < -0.39 is 0 Å². The maximum Gasteiger partial charge on any atom is 0.243 e. The maximum absolute atomic E-state index is 5.90. The second-order valence-electron chi connectivity index (χ2n) is 4.29. The van der Waals surface area contributed by atoms with Gasteiger partial charge in [-0.1, -0.05) is 32.3 Å². The number of hydrogen-bond acceptors (Lipinski definition) is 5. The topological polar surface area (TPSA) is 74.2 Å². The van der Waals surface area contributed by atoms with Crippen LogP contribution in [-0.2, 0) is 4.74 Å². The number of nitrogens with two attached hydrogens (primary N) is 1. The second-order valence-corrected chi connectivity index (χ2v) is 4.29. The summed E-state index contributed by atoms with van der Waals surface area (Å²) in [6, 6.07) is -0.170. The van der Waals surface area contributed by atoms with Gasteiger partial charge in [0.1, 0.15) is 6.10 Å². The average Bonchev–Trinajstić information content (AvgIpc) is 2.68. The van der Waals surface area contributed by atoms with Gasteiger partial charge < -0.3 is 15.0 Å². The van der Waals surface area contributed by atoms with Crippen molar-refractivity contribution < 1.29 is 9.26 Å². The molecular weight excluding hydrogens is 206 g/mol. The van der Waals surface area contributed by atoms with Crippen LogP contribution in [0.2, 0.25) is 0 Å². The van der Waals surface area contributed by atoms with Crippen LogP contribution < -0.4 is 5.73 Å². The third-order valence-corrected chi connectivity index (χ3v) is 2.49. The molecule has 2 atom stereocenters. The summed E-state index contributed by atoms with van der Waals surface area (Å²) in [5.41, 5.74) is 5.90. The van der Waals surface area contributed by atoms with E-state index in [0.717, 1.165) is 12.8 Å². The van der Waals surface area contributed by atoms with Crippen molar-refractivity contribution in [2.45, 2.75) is 45.8 Å². The summed E-state index contributed by atoms with van der Waals surface area (Å²) in [5, 5.41) is 3.92. The highest BCUT2D eigenvalue weighted by Crippen LogP contribution is 2.24. The fourth-order valence-corrected chi connectivity index (χ4v) is 1.62. The Morgan fingerprint density at radius 2 is 2.12 bits per heavy atom. The molecule has 16 heavy (non-hydrogen) atoms. The average molecular weight is 227 g/mol. The zero-order valence-corrected chi connectivity index (χ0v) is 10.4. The number of nitrogens with zero attached hydrogens (tertiary/aromatic N) is 2. The Hall–Kier alpha value is -0.940. The summed E-state index contributed by atoms with van der Waals surface area (Å²) in [6.45, 7) is 6.18. The minimum Gasteiger partial charge on any atom is -0.373 e. The van der Waals surface area contributed by atoms with Gasteiger partial charge in [-0.2, -0.15) is 4.98 Å². The summed E-state index contributed by atoms with van der Waals surface area (Å²) in [5.74, 6) is 1.39. The molecule has 1 aromatic heterocycles. The van der Waals surface area contributed by atoms with Crippen LogP contribution in [-0.4, -0.2) is 17.3 Å². The minimum absolute atomic E-state index is 0.133. The van der Waals surface area contributed by atoms with E-state index in [1.807, 2.05) is 0 Å². The normalized spacial score (nSPS) is 15.4. The standard InChI is InChI=1S/C11H21N3O2/c1-5-6-8(12)11-13-10(14-16-11)9(15-4)7(2)3/h7-9H,5-6,12H2,1-4H3. The van der Waals surface area contributed by atoms with Gasteiger partial charge in [-0.3, -0.25) is 0 Å². The fraction of sp³-hybridized carbons (Fsp3) is 0.818. The molecular formula is C11H21N3O2. The number of aromatic nitrogens is 2. The van der Waals surface area contributed by atoms with Gasteiger partial charge in [-0.15, -0.1) is 0 Å². The predicted molar refractivity (Wildman–Crippen MR) is 60.7 cm³/mol. The van der Waals surface area contributed by atoms with Crippen LogP contribution in [0.5, 0.6) is 0 Å². The molecule has 0 radical (unpaired) electrons. The van der Waals surface area contributed by atoms with E-state index in [9.17, 15) is 0 Å². The van der Waals surface area contributed by atoms with E-state index in [-0.39, 0.29) is 12.1 Å².